The lowest BCUT2D eigenvalue weighted by atomic mass is 10.5. The quantitative estimate of drug-likeness (QED) is 0.639. The Hall–Kier alpha value is 0.170. The Kier molecular flexibility index (Phi) is 5.86. The van der Waals surface area contributed by atoms with Crippen LogP contribution in [0.2, 0.25) is 0 Å². The fourth-order valence-electron chi connectivity index (χ4n) is 0.511. The SMILES string of the molecule is COC(=O)C(C)S[C](C)SC. The van der Waals surface area contributed by atoms with Gasteiger partial charge in [-0.3, -0.25) is 4.79 Å². The lowest BCUT2D eigenvalue weighted by molar-refractivity contribution is -0.139. The minimum Gasteiger partial charge on any atom is -0.468 e. The molecule has 4 heteroatoms. The number of ether oxygens (including phenoxy) is 1. The van der Waals surface area contributed by atoms with Crippen LogP contribution in [0.5, 0.6) is 0 Å². The third-order valence-electron chi connectivity index (χ3n) is 1.16. The van der Waals surface area contributed by atoms with Gasteiger partial charge in [-0.25, -0.2) is 0 Å². The molecule has 11 heavy (non-hydrogen) atoms. The topological polar surface area (TPSA) is 26.3 Å². The zero-order chi connectivity index (χ0) is 8.85. The molecule has 0 rings (SSSR count). The molecule has 0 amide bonds. The second-order valence-corrected chi connectivity index (χ2v) is 4.81. The Morgan fingerprint density at radius 3 is 2.45 bits per heavy atom. The minimum atomic E-state index is -0.164. The van der Waals surface area contributed by atoms with Gasteiger partial charge in [0.1, 0.15) is 5.25 Å². The smallest absolute Gasteiger partial charge is 0.318 e. The fraction of sp³-hybridized carbons (Fsp3) is 0.714. The summed E-state index contributed by atoms with van der Waals surface area (Å²) in [6.45, 7) is 3.84. The van der Waals surface area contributed by atoms with E-state index in [1.54, 1.807) is 11.8 Å². The summed E-state index contributed by atoms with van der Waals surface area (Å²) in [6, 6.07) is 0. The van der Waals surface area contributed by atoms with Gasteiger partial charge in [0, 0.05) is 0 Å². The monoisotopic (exact) mass is 193 g/mol. The van der Waals surface area contributed by atoms with Crippen LogP contribution in [0.1, 0.15) is 13.8 Å². The van der Waals surface area contributed by atoms with Gasteiger partial charge in [-0.15, -0.1) is 23.5 Å². The van der Waals surface area contributed by atoms with Crippen molar-refractivity contribution in [1.29, 1.82) is 0 Å². The van der Waals surface area contributed by atoms with Crippen LogP contribution >= 0.6 is 23.5 Å². The van der Waals surface area contributed by atoms with E-state index in [4.69, 9.17) is 0 Å². The average Bonchev–Trinajstić information content (AvgIpc) is 2.02. The third-order valence-corrected chi connectivity index (χ3v) is 3.40. The molecular weight excluding hydrogens is 180 g/mol. The molecule has 0 heterocycles. The van der Waals surface area contributed by atoms with Crippen molar-refractivity contribution in [2.75, 3.05) is 13.4 Å². The van der Waals surface area contributed by atoms with Crippen LogP contribution in [0, 0.1) is 4.58 Å². The number of carbonyl (C=O) groups excluding carboxylic acids is 1. The van der Waals surface area contributed by atoms with Crippen molar-refractivity contribution in [2.24, 2.45) is 0 Å². The number of thioether (sulfide) groups is 2. The summed E-state index contributed by atoms with van der Waals surface area (Å²) in [5, 5.41) is -0.0903. The summed E-state index contributed by atoms with van der Waals surface area (Å²) in [5.41, 5.74) is 0. The summed E-state index contributed by atoms with van der Waals surface area (Å²) in [4.78, 5) is 10.9. The highest BCUT2D eigenvalue weighted by Gasteiger charge is 2.16. The molecule has 1 unspecified atom stereocenters. The van der Waals surface area contributed by atoms with Gasteiger partial charge in [0.15, 0.2) is 0 Å². The lowest BCUT2D eigenvalue weighted by Gasteiger charge is -2.11. The van der Waals surface area contributed by atoms with Gasteiger partial charge >= 0.3 is 5.97 Å². The predicted molar refractivity (Wildman–Crippen MR) is 51.5 cm³/mol. The molecule has 0 spiro atoms. The van der Waals surface area contributed by atoms with Crippen LogP contribution in [-0.4, -0.2) is 24.6 Å². The molecule has 1 atom stereocenters. The maximum Gasteiger partial charge on any atom is 0.318 e. The predicted octanol–water partition coefficient (Wildman–Crippen LogP) is 2.15. The molecular formula is C7H13O2S2. The third kappa shape index (κ3) is 4.58. The van der Waals surface area contributed by atoms with Crippen molar-refractivity contribution in [3.05, 3.63) is 4.58 Å². The largest absolute Gasteiger partial charge is 0.468 e. The van der Waals surface area contributed by atoms with E-state index in [9.17, 15) is 4.79 Å². The fourth-order valence-corrected chi connectivity index (χ4v) is 2.02. The van der Waals surface area contributed by atoms with E-state index in [-0.39, 0.29) is 11.2 Å². The molecule has 0 fully saturated rings. The molecule has 2 nitrogen and oxygen atoms in total. The van der Waals surface area contributed by atoms with Crippen molar-refractivity contribution < 1.29 is 9.53 Å². The second kappa shape index (κ2) is 5.77. The first-order chi connectivity index (χ1) is 5.11. The van der Waals surface area contributed by atoms with Gasteiger partial charge in [0.25, 0.3) is 0 Å². The van der Waals surface area contributed by atoms with Gasteiger partial charge < -0.3 is 4.74 Å². The highest BCUT2D eigenvalue weighted by atomic mass is 32.2. The van der Waals surface area contributed by atoms with E-state index < -0.39 is 0 Å². The standard InChI is InChI=1S/C7H13O2S2/c1-5(7(8)9-3)11-6(2)10-4/h5H,1-4H3. The molecule has 0 aliphatic rings. The van der Waals surface area contributed by atoms with Gasteiger partial charge in [-0.2, -0.15) is 0 Å². The molecule has 0 bridgehead atoms. The first kappa shape index (κ1) is 11.2. The molecule has 1 radical (unpaired) electrons. The molecule has 0 aromatic carbocycles. The highest BCUT2D eigenvalue weighted by Crippen LogP contribution is 2.32. The second-order valence-electron chi connectivity index (χ2n) is 1.98. The molecule has 0 aliphatic heterocycles. The number of hydrogen-bond donors (Lipinski definition) is 0. The van der Waals surface area contributed by atoms with Crippen LogP contribution in [0.4, 0.5) is 0 Å². The Labute approximate surface area is 76.5 Å². The van der Waals surface area contributed by atoms with Crippen molar-refractivity contribution in [2.45, 2.75) is 19.1 Å². The van der Waals surface area contributed by atoms with Crippen molar-refractivity contribution in [1.82, 2.24) is 0 Å². The van der Waals surface area contributed by atoms with Gasteiger partial charge in [0.05, 0.1) is 11.7 Å². The summed E-state index contributed by atoms with van der Waals surface area (Å²) in [6.07, 6.45) is 1.99. The van der Waals surface area contributed by atoms with Gasteiger partial charge in [0.2, 0.25) is 0 Å². The highest BCUT2D eigenvalue weighted by molar-refractivity contribution is 8.20. The van der Waals surface area contributed by atoms with E-state index in [1.165, 1.54) is 23.5 Å². The van der Waals surface area contributed by atoms with Gasteiger partial charge in [-0.05, 0) is 20.1 Å². The summed E-state index contributed by atoms with van der Waals surface area (Å²) in [5.74, 6) is -0.164. The van der Waals surface area contributed by atoms with Crippen LogP contribution < -0.4 is 0 Å². The van der Waals surface area contributed by atoms with Crippen LogP contribution in [0.25, 0.3) is 0 Å². The first-order valence-electron chi connectivity index (χ1n) is 3.23. The molecule has 0 aromatic rings. The van der Waals surface area contributed by atoms with E-state index >= 15 is 0 Å². The Morgan fingerprint density at radius 2 is 2.09 bits per heavy atom. The van der Waals surface area contributed by atoms with Crippen molar-refractivity contribution in [3.63, 3.8) is 0 Å². The molecule has 0 aromatic heterocycles. The van der Waals surface area contributed by atoms with Crippen molar-refractivity contribution >= 4 is 29.5 Å². The van der Waals surface area contributed by atoms with Crippen molar-refractivity contribution in [3.8, 4) is 0 Å². The Morgan fingerprint density at radius 1 is 1.55 bits per heavy atom. The summed E-state index contributed by atoms with van der Waals surface area (Å²) < 4.78 is 5.76. The molecule has 0 aliphatic carbocycles. The number of carbonyl (C=O) groups is 1. The molecule has 0 saturated heterocycles. The van der Waals surface area contributed by atoms with Crippen LogP contribution in [0.15, 0.2) is 0 Å². The maximum absolute atomic E-state index is 10.9. The van der Waals surface area contributed by atoms with E-state index in [0.29, 0.717) is 0 Å². The average molecular weight is 193 g/mol. The number of esters is 1. The molecule has 0 N–H and O–H groups in total. The number of methoxy groups -OCH3 is 1. The number of rotatable bonds is 4. The number of hydrogen-bond acceptors (Lipinski definition) is 4. The Balaban J connectivity index is 3.67. The zero-order valence-electron chi connectivity index (χ0n) is 7.21. The van der Waals surface area contributed by atoms with E-state index in [1.807, 2.05) is 20.1 Å². The summed E-state index contributed by atoms with van der Waals surface area (Å²) in [7, 11) is 1.41. The Bertz CT molecular complexity index is 128. The van der Waals surface area contributed by atoms with E-state index in [2.05, 4.69) is 4.74 Å². The van der Waals surface area contributed by atoms with E-state index in [0.717, 1.165) is 0 Å². The molecule has 65 valence electrons. The normalized spacial score (nSPS) is 13.2. The zero-order valence-corrected chi connectivity index (χ0v) is 8.84. The van der Waals surface area contributed by atoms with Crippen LogP contribution in [0.3, 0.4) is 0 Å². The first-order valence-corrected chi connectivity index (χ1v) is 5.34. The summed E-state index contributed by atoms with van der Waals surface area (Å²) >= 11 is 3.19. The maximum atomic E-state index is 10.9. The van der Waals surface area contributed by atoms with Crippen LogP contribution in [-0.2, 0) is 9.53 Å². The molecule has 0 saturated carbocycles. The lowest BCUT2D eigenvalue weighted by Crippen LogP contribution is -2.15. The van der Waals surface area contributed by atoms with Gasteiger partial charge in [-0.1, -0.05) is 0 Å². The minimum absolute atomic E-state index is 0.0903.